The summed E-state index contributed by atoms with van der Waals surface area (Å²) in [6.45, 7) is 3.92. The maximum atomic E-state index is 11.5. The van der Waals surface area contributed by atoms with Crippen molar-refractivity contribution in [2.45, 2.75) is 38.1 Å². The molecule has 2 N–H and O–H groups in total. The topological polar surface area (TPSA) is 72.6 Å². The Kier molecular flexibility index (Phi) is 5.58. The van der Waals surface area contributed by atoms with Gasteiger partial charge in [0.2, 0.25) is 10.0 Å². The first-order chi connectivity index (χ1) is 8.24. The Morgan fingerprint density at radius 1 is 1.50 bits per heavy atom. The molecular weight excluding hydrogens is 252 g/mol. The number of piperidine rings is 1. The van der Waals surface area contributed by atoms with Gasteiger partial charge in [0.05, 0.1) is 6.26 Å². The number of sulfonamides is 1. The van der Waals surface area contributed by atoms with E-state index >= 15 is 0 Å². The second-order valence-electron chi connectivity index (χ2n) is 5.73. The van der Waals surface area contributed by atoms with E-state index in [4.69, 9.17) is 10.5 Å². The monoisotopic (exact) mass is 278 g/mol. The second-order valence-corrected chi connectivity index (χ2v) is 7.71. The molecule has 1 fully saturated rings. The molecule has 18 heavy (non-hydrogen) atoms. The van der Waals surface area contributed by atoms with E-state index in [9.17, 15) is 8.42 Å². The second kappa shape index (κ2) is 6.32. The van der Waals surface area contributed by atoms with Crippen molar-refractivity contribution in [2.75, 3.05) is 33.1 Å². The maximum absolute atomic E-state index is 11.5. The van der Waals surface area contributed by atoms with E-state index in [0.717, 1.165) is 25.7 Å². The van der Waals surface area contributed by atoms with Crippen molar-refractivity contribution in [1.82, 2.24) is 4.31 Å². The van der Waals surface area contributed by atoms with Crippen LogP contribution in [0.25, 0.3) is 0 Å². The molecule has 2 unspecified atom stereocenters. The minimum absolute atomic E-state index is 0.277. The predicted octanol–water partition coefficient (Wildman–Crippen LogP) is 0.802. The number of hydrogen-bond donors (Lipinski definition) is 1. The normalized spacial score (nSPS) is 25.9. The highest BCUT2D eigenvalue weighted by atomic mass is 32.2. The maximum Gasteiger partial charge on any atom is 0.211 e. The van der Waals surface area contributed by atoms with Gasteiger partial charge in [0.1, 0.15) is 0 Å². The molecule has 0 aromatic heterocycles. The number of nitrogens with zero attached hydrogens (tertiary/aromatic N) is 1. The van der Waals surface area contributed by atoms with E-state index in [1.54, 1.807) is 11.4 Å². The summed E-state index contributed by atoms with van der Waals surface area (Å²) in [4.78, 5) is 0. The number of nitrogens with two attached hydrogens (primary N) is 1. The summed E-state index contributed by atoms with van der Waals surface area (Å²) in [7, 11) is -1.39. The highest BCUT2D eigenvalue weighted by molar-refractivity contribution is 7.88. The molecule has 2 atom stereocenters. The summed E-state index contributed by atoms with van der Waals surface area (Å²) in [5.41, 5.74) is 5.96. The first kappa shape index (κ1) is 15.9. The van der Waals surface area contributed by atoms with Gasteiger partial charge in [0.15, 0.2) is 0 Å². The molecular formula is C12H26N2O3S. The lowest BCUT2D eigenvalue weighted by Gasteiger charge is -2.35. The Labute approximate surface area is 111 Å². The van der Waals surface area contributed by atoms with E-state index in [-0.39, 0.29) is 5.54 Å². The van der Waals surface area contributed by atoms with E-state index in [2.05, 4.69) is 0 Å². The van der Waals surface area contributed by atoms with Gasteiger partial charge in [-0.15, -0.1) is 0 Å². The van der Waals surface area contributed by atoms with Crippen LogP contribution in [-0.2, 0) is 14.8 Å². The standard InChI is InChI=1S/C12H26N2O3S/c1-12(13,6-8-17-2)9-11-5-4-7-14(10-11)18(3,15)16/h11H,4-10,13H2,1-3H3. The molecule has 0 spiro atoms. The Bertz CT molecular complexity index is 354. The van der Waals surface area contributed by atoms with E-state index in [0.29, 0.717) is 25.6 Å². The Morgan fingerprint density at radius 3 is 2.72 bits per heavy atom. The summed E-state index contributed by atoms with van der Waals surface area (Å²) in [5.74, 6) is 0.361. The van der Waals surface area contributed by atoms with Crippen molar-refractivity contribution < 1.29 is 13.2 Å². The highest BCUT2D eigenvalue weighted by Crippen LogP contribution is 2.27. The van der Waals surface area contributed by atoms with Crippen LogP contribution in [0.5, 0.6) is 0 Å². The van der Waals surface area contributed by atoms with Crippen molar-refractivity contribution in [3.05, 3.63) is 0 Å². The lowest BCUT2D eigenvalue weighted by atomic mass is 9.84. The molecule has 0 saturated carbocycles. The van der Waals surface area contributed by atoms with Gasteiger partial charge in [-0.05, 0) is 38.5 Å². The van der Waals surface area contributed by atoms with Crippen molar-refractivity contribution in [3.8, 4) is 0 Å². The van der Waals surface area contributed by atoms with Gasteiger partial charge in [-0.25, -0.2) is 12.7 Å². The molecule has 0 bridgehead atoms. The Morgan fingerprint density at radius 2 is 2.17 bits per heavy atom. The molecule has 0 aliphatic carbocycles. The zero-order chi connectivity index (χ0) is 13.8. The van der Waals surface area contributed by atoms with Crippen molar-refractivity contribution in [3.63, 3.8) is 0 Å². The minimum Gasteiger partial charge on any atom is -0.385 e. The third-order valence-electron chi connectivity index (χ3n) is 3.58. The van der Waals surface area contributed by atoms with Gasteiger partial charge in [-0.3, -0.25) is 0 Å². The summed E-state index contributed by atoms with van der Waals surface area (Å²) < 4.78 is 29.7. The van der Waals surface area contributed by atoms with Crippen molar-refractivity contribution in [1.29, 1.82) is 0 Å². The number of ether oxygens (including phenoxy) is 1. The van der Waals surface area contributed by atoms with Gasteiger partial charge in [-0.2, -0.15) is 0 Å². The molecule has 0 aromatic rings. The molecule has 1 rings (SSSR count). The largest absolute Gasteiger partial charge is 0.385 e. The van der Waals surface area contributed by atoms with Crippen LogP contribution in [0.3, 0.4) is 0 Å². The van der Waals surface area contributed by atoms with Gasteiger partial charge in [-0.1, -0.05) is 0 Å². The number of methoxy groups -OCH3 is 1. The summed E-state index contributed by atoms with van der Waals surface area (Å²) in [5, 5.41) is 0. The first-order valence-corrected chi connectivity index (χ1v) is 8.32. The fraction of sp³-hybridized carbons (Fsp3) is 1.00. The molecule has 0 amide bonds. The third kappa shape index (κ3) is 5.22. The van der Waals surface area contributed by atoms with Crippen LogP contribution in [0.1, 0.15) is 32.6 Å². The summed E-state index contributed by atoms with van der Waals surface area (Å²) >= 11 is 0. The van der Waals surface area contributed by atoms with Crippen molar-refractivity contribution in [2.24, 2.45) is 11.7 Å². The quantitative estimate of drug-likeness (QED) is 0.780. The van der Waals surface area contributed by atoms with Gasteiger partial charge < -0.3 is 10.5 Å². The number of rotatable bonds is 6. The predicted molar refractivity (Wildman–Crippen MR) is 72.8 cm³/mol. The van der Waals surface area contributed by atoms with Crippen LogP contribution in [0.15, 0.2) is 0 Å². The minimum atomic E-state index is -3.06. The van der Waals surface area contributed by atoms with Crippen LogP contribution < -0.4 is 5.73 Å². The first-order valence-electron chi connectivity index (χ1n) is 6.47. The average Bonchev–Trinajstić information content (AvgIpc) is 2.25. The van der Waals surface area contributed by atoms with Crippen LogP contribution in [0.4, 0.5) is 0 Å². The fourth-order valence-electron chi connectivity index (χ4n) is 2.59. The molecule has 0 radical (unpaired) electrons. The molecule has 5 nitrogen and oxygen atoms in total. The molecule has 6 heteroatoms. The van der Waals surface area contributed by atoms with Gasteiger partial charge in [0.25, 0.3) is 0 Å². The van der Waals surface area contributed by atoms with Crippen LogP contribution in [0.2, 0.25) is 0 Å². The van der Waals surface area contributed by atoms with Crippen molar-refractivity contribution >= 4 is 10.0 Å². The zero-order valence-corrected chi connectivity index (χ0v) is 12.5. The highest BCUT2D eigenvalue weighted by Gasteiger charge is 2.30. The summed E-state index contributed by atoms with van der Waals surface area (Å²) in [6.07, 6.45) is 4.92. The zero-order valence-electron chi connectivity index (χ0n) is 11.7. The fourth-order valence-corrected chi connectivity index (χ4v) is 3.53. The van der Waals surface area contributed by atoms with Crippen LogP contribution >= 0.6 is 0 Å². The molecule has 0 aromatic carbocycles. The van der Waals surface area contributed by atoms with Crippen LogP contribution in [-0.4, -0.2) is 51.3 Å². The van der Waals surface area contributed by atoms with Gasteiger partial charge >= 0.3 is 0 Å². The average molecular weight is 278 g/mol. The molecule has 1 saturated heterocycles. The molecule has 1 aliphatic heterocycles. The van der Waals surface area contributed by atoms with Gasteiger partial charge in [0, 0.05) is 32.3 Å². The molecule has 1 aliphatic rings. The van der Waals surface area contributed by atoms with E-state index in [1.807, 2.05) is 6.92 Å². The van der Waals surface area contributed by atoms with E-state index in [1.165, 1.54) is 6.26 Å². The molecule has 1 heterocycles. The third-order valence-corrected chi connectivity index (χ3v) is 4.85. The lowest BCUT2D eigenvalue weighted by molar-refractivity contribution is 0.152. The molecule has 108 valence electrons. The summed E-state index contributed by atoms with van der Waals surface area (Å²) in [6, 6.07) is 0. The SMILES string of the molecule is COCCC(C)(N)CC1CCCN(S(C)(=O)=O)C1. The lowest BCUT2D eigenvalue weighted by Crippen LogP contribution is -2.45. The van der Waals surface area contributed by atoms with E-state index < -0.39 is 10.0 Å². The smallest absolute Gasteiger partial charge is 0.211 e. The van der Waals surface area contributed by atoms with Crippen LogP contribution in [0, 0.1) is 5.92 Å². The Hall–Kier alpha value is -0.170. The Balaban J connectivity index is 2.52. The number of hydrogen-bond acceptors (Lipinski definition) is 4.